The number of H-pyrrole nitrogens is 1. The minimum Gasteiger partial charge on any atom is -0.444 e. The fraction of sp³-hybridized carbons (Fsp3) is 0.471. The molecule has 0 unspecified atom stereocenters. The van der Waals surface area contributed by atoms with E-state index >= 15 is 0 Å². The van der Waals surface area contributed by atoms with Crippen molar-refractivity contribution in [2.45, 2.75) is 32.9 Å². The van der Waals surface area contributed by atoms with Crippen molar-refractivity contribution in [1.29, 1.82) is 0 Å². The molecule has 24 heavy (non-hydrogen) atoms. The van der Waals surface area contributed by atoms with E-state index in [1.807, 2.05) is 51.1 Å². The Labute approximate surface area is 142 Å². The lowest BCUT2D eigenvalue weighted by Crippen LogP contribution is -2.37. The van der Waals surface area contributed by atoms with E-state index in [-0.39, 0.29) is 6.09 Å². The topological polar surface area (TPSA) is 83.1 Å². The highest BCUT2D eigenvalue weighted by atomic mass is 16.6. The Hall–Kier alpha value is -2.41. The van der Waals surface area contributed by atoms with Gasteiger partial charge in [-0.3, -0.25) is 0 Å². The Balaban J connectivity index is 1.80. The van der Waals surface area contributed by atoms with Crippen molar-refractivity contribution in [3.05, 3.63) is 36.0 Å². The van der Waals surface area contributed by atoms with Crippen LogP contribution in [0.4, 0.5) is 4.79 Å². The predicted molar refractivity (Wildman–Crippen MR) is 92.4 cm³/mol. The Bertz CT molecular complexity index is 649. The molecule has 0 aliphatic heterocycles. The summed E-state index contributed by atoms with van der Waals surface area (Å²) in [5.74, 6) is 0. The first-order chi connectivity index (χ1) is 11.4. The molecule has 130 valence electrons. The van der Waals surface area contributed by atoms with Crippen molar-refractivity contribution in [3.63, 3.8) is 0 Å². The summed E-state index contributed by atoms with van der Waals surface area (Å²) in [7, 11) is 1.72. The molecule has 1 amide bonds. The second-order valence-electron chi connectivity index (χ2n) is 6.56. The summed E-state index contributed by atoms with van der Waals surface area (Å²) in [6, 6.07) is 9.90. The maximum atomic E-state index is 11.9. The molecule has 1 aromatic heterocycles. The molecule has 0 atom stereocenters. The molecule has 7 heteroatoms. The van der Waals surface area contributed by atoms with E-state index in [0.717, 1.165) is 17.0 Å². The number of rotatable bonds is 6. The summed E-state index contributed by atoms with van der Waals surface area (Å²) >= 11 is 0. The fourth-order valence-corrected chi connectivity index (χ4v) is 2.09. The van der Waals surface area contributed by atoms with Gasteiger partial charge in [-0.1, -0.05) is 30.3 Å². The number of ether oxygens (including phenoxy) is 1. The highest BCUT2D eigenvalue weighted by Gasteiger charge is 2.19. The summed E-state index contributed by atoms with van der Waals surface area (Å²) in [6.07, 6.45) is -0.323. The molecule has 0 saturated carbocycles. The van der Waals surface area contributed by atoms with Crippen LogP contribution >= 0.6 is 0 Å². The molecule has 0 radical (unpaired) electrons. The number of carbonyl (C=O) groups is 1. The van der Waals surface area contributed by atoms with Gasteiger partial charge in [-0.2, -0.15) is 15.4 Å². The number of likely N-dealkylation sites (N-methyl/N-ethyl adjacent to an activating group) is 1. The summed E-state index contributed by atoms with van der Waals surface area (Å²) in [4.78, 5) is 13.4. The standard InChI is InChI=1S/C17H25N5O2/c1-17(2,3)24-16(23)22(4)11-10-18-12-14-15(20-21-19-14)13-8-6-5-7-9-13/h5-9,18H,10-12H2,1-4H3,(H,19,20,21). The van der Waals surface area contributed by atoms with Crippen LogP contribution in [-0.4, -0.2) is 52.1 Å². The van der Waals surface area contributed by atoms with Crippen LogP contribution in [0.5, 0.6) is 0 Å². The molecule has 0 bridgehead atoms. The lowest BCUT2D eigenvalue weighted by molar-refractivity contribution is 0.0300. The molecule has 1 aromatic carbocycles. The van der Waals surface area contributed by atoms with Crippen LogP contribution in [0.2, 0.25) is 0 Å². The third kappa shape index (κ3) is 5.34. The quantitative estimate of drug-likeness (QED) is 0.794. The average Bonchev–Trinajstić information content (AvgIpc) is 2.99. The molecule has 0 aliphatic rings. The van der Waals surface area contributed by atoms with Gasteiger partial charge in [-0.15, -0.1) is 0 Å². The number of nitrogens with zero attached hydrogens (tertiary/aromatic N) is 3. The van der Waals surface area contributed by atoms with Gasteiger partial charge in [-0.05, 0) is 20.8 Å². The SMILES string of the molecule is CN(CCNCc1n[nH]nc1-c1ccccc1)C(=O)OC(C)(C)C. The maximum Gasteiger partial charge on any atom is 0.410 e. The van der Waals surface area contributed by atoms with Gasteiger partial charge in [0.1, 0.15) is 17.0 Å². The van der Waals surface area contributed by atoms with Crippen LogP contribution in [0.15, 0.2) is 30.3 Å². The average molecular weight is 331 g/mol. The number of amides is 1. The molecular formula is C17H25N5O2. The molecule has 2 N–H and O–H groups in total. The zero-order chi connectivity index (χ0) is 17.6. The zero-order valence-electron chi connectivity index (χ0n) is 14.7. The highest BCUT2D eigenvalue weighted by molar-refractivity contribution is 5.67. The van der Waals surface area contributed by atoms with Gasteiger partial charge in [0.25, 0.3) is 0 Å². The lowest BCUT2D eigenvalue weighted by atomic mass is 10.1. The summed E-state index contributed by atoms with van der Waals surface area (Å²) in [5, 5.41) is 14.3. The first-order valence-corrected chi connectivity index (χ1v) is 7.97. The molecule has 0 spiro atoms. The van der Waals surface area contributed by atoms with Crippen LogP contribution in [0.1, 0.15) is 26.5 Å². The predicted octanol–water partition coefficient (Wildman–Crippen LogP) is 2.43. The van der Waals surface area contributed by atoms with Crippen LogP contribution in [-0.2, 0) is 11.3 Å². The van der Waals surface area contributed by atoms with Gasteiger partial charge in [0.15, 0.2) is 0 Å². The van der Waals surface area contributed by atoms with Crippen molar-refractivity contribution in [2.24, 2.45) is 0 Å². The van der Waals surface area contributed by atoms with Crippen molar-refractivity contribution in [3.8, 4) is 11.3 Å². The summed E-state index contributed by atoms with van der Waals surface area (Å²) < 4.78 is 5.31. The smallest absolute Gasteiger partial charge is 0.410 e. The lowest BCUT2D eigenvalue weighted by Gasteiger charge is -2.24. The Morgan fingerprint density at radius 1 is 1.25 bits per heavy atom. The van der Waals surface area contributed by atoms with Crippen LogP contribution in [0, 0.1) is 0 Å². The van der Waals surface area contributed by atoms with Gasteiger partial charge in [0.05, 0.1) is 0 Å². The van der Waals surface area contributed by atoms with E-state index in [9.17, 15) is 4.79 Å². The van der Waals surface area contributed by atoms with Crippen LogP contribution in [0.3, 0.4) is 0 Å². The largest absolute Gasteiger partial charge is 0.444 e. The Kier molecular flexibility index (Phi) is 5.92. The number of aromatic nitrogens is 3. The number of hydrogen-bond acceptors (Lipinski definition) is 5. The van der Waals surface area contributed by atoms with Crippen molar-refractivity contribution in [2.75, 3.05) is 20.1 Å². The number of benzene rings is 1. The number of hydrogen-bond donors (Lipinski definition) is 2. The van der Waals surface area contributed by atoms with Gasteiger partial charge < -0.3 is 15.0 Å². The molecule has 7 nitrogen and oxygen atoms in total. The van der Waals surface area contributed by atoms with E-state index < -0.39 is 5.60 Å². The third-order valence-electron chi connectivity index (χ3n) is 3.29. The minimum atomic E-state index is -0.482. The van der Waals surface area contributed by atoms with E-state index in [1.165, 1.54) is 0 Å². The van der Waals surface area contributed by atoms with E-state index in [2.05, 4.69) is 20.7 Å². The molecule has 0 fully saturated rings. The molecular weight excluding hydrogens is 306 g/mol. The van der Waals surface area contributed by atoms with Gasteiger partial charge in [-0.25, -0.2) is 4.79 Å². The monoisotopic (exact) mass is 331 g/mol. The second-order valence-corrected chi connectivity index (χ2v) is 6.56. The molecule has 0 saturated heterocycles. The van der Waals surface area contributed by atoms with Gasteiger partial charge in [0, 0.05) is 32.2 Å². The van der Waals surface area contributed by atoms with Crippen LogP contribution in [0.25, 0.3) is 11.3 Å². The Morgan fingerprint density at radius 2 is 1.96 bits per heavy atom. The van der Waals surface area contributed by atoms with E-state index in [4.69, 9.17) is 4.74 Å². The first-order valence-electron chi connectivity index (χ1n) is 7.97. The molecule has 2 rings (SSSR count). The fourth-order valence-electron chi connectivity index (χ4n) is 2.09. The number of aromatic amines is 1. The van der Waals surface area contributed by atoms with E-state index in [0.29, 0.717) is 19.6 Å². The third-order valence-corrected chi connectivity index (χ3v) is 3.29. The molecule has 1 heterocycles. The molecule has 0 aliphatic carbocycles. The normalized spacial score (nSPS) is 11.3. The Morgan fingerprint density at radius 3 is 2.62 bits per heavy atom. The van der Waals surface area contributed by atoms with E-state index in [1.54, 1.807) is 11.9 Å². The van der Waals surface area contributed by atoms with Gasteiger partial charge in [0.2, 0.25) is 0 Å². The summed E-state index contributed by atoms with van der Waals surface area (Å²) in [6.45, 7) is 7.32. The summed E-state index contributed by atoms with van der Waals surface area (Å²) in [5.41, 5.74) is 2.23. The van der Waals surface area contributed by atoms with Crippen molar-refractivity contribution < 1.29 is 9.53 Å². The first kappa shape index (κ1) is 17.9. The second kappa shape index (κ2) is 7.92. The highest BCUT2D eigenvalue weighted by Crippen LogP contribution is 2.18. The zero-order valence-corrected chi connectivity index (χ0v) is 14.7. The minimum absolute atomic E-state index is 0.323. The van der Waals surface area contributed by atoms with Gasteiger partial charge >= 0.3 is 6.09 Å². The number of carbonyl (C=O) groups excluding carboxylic acids is 1. The van der Waals surface area contributed by atoms with Crippen molar-refractivity contribution in [1.82, 2.24) is 25.6 Å². The molecule has 2 aromatic rings. The number of nitrogens with one attached hydrogen (secondary N) is 2. The van der Waals surface area contributed by atoms with Crippen molar-refractivity contribution >= 4 is 6.09 Å². The van der Waals surface area contributed by atoms with Crippen LogP contribution < -0.4 is 5.32 Å². The maximum absolute atomic E-state index is 11.9.